The zero-order valence-electron chi connectivity index (χ0n) is 17.7. The van der Waals surface area contributed by atoms with Crippen LogP contribution in [0.2, 0.25) is 0 Å². The molecule has 2 aromatic carbocycles. The van der Waals surface area contributed by atoms with E-state index < -0.39 is 17.8 Å². The average Bonchev–Trinajstić information content (AvgIpc) is 2.75. The second kappa shape index (κ2) is 13.1. The van der Waals surface area contributed by atoms with Crippen LogP contribution >= 0.6 is 15.9 Å². The fraction of sp³-hybridized carbons (Fsp3) is 0.273. The van der Waals surface area contributed by atoms with Crippen molar-refractivity contribution < 1.29 is 28.6 Å². The van der Waals surface area contributed by atoms with E-state index in [0.29, 0.717) is 33.8 Å². The number of nitrogens with one attached hydrogen (secondary N) is 2. The molecule has 2 N–H and O–H groups in total. The molecule has 2 rings (SSSR count). The van der Waals surface area contributed by atoms with Crippen LogP contribution in [0, 0.1) is 0 Å². The molecule has 0 fully saturated rings. The van der Waals surface area contributed by atoms with Gasteiger partial charge in [-0.2, -0.15) is 5.10 Å². The maximum absolute atomic E-state index is 12.0. The molecule has 0 radical (unpaired) electrons. The number of ether oxygens (including phenoxy) is 3. The van der Waals surface area contributed by atoms with E-state index >= 15 is 0 Å². The van der Waals surface area contributed by atoms with E-state index in [1.165, 1.54) is 6.21 Å². The molecule has 0 spiro atoms. The minimum absolute atomic E-state index is 0.237. The molecule has 0 heterocycles. The van der Waals surface area contributed by atoms with Crippen LogP contribution in [0.15, 0.2) is 52.0 Å². The Hall–Kier alpha value is -3.40. The standard InChI is InChI=1S/C22H24BrN3O6/c1-3-30-19-11-15(9-10-18(19)32-14-22(29)31-4-2)13-24-26-21(28)12-20(27)25-17-8-6-5-7-16(17)23/h5-11,13H,3-4,12,14H2,1-2H3,(H,25,27)(H,26,28). The molecule has 0 aliphatic carbocycles. The number of hydrazone groups is 1. The van der Waals surface area contributed by atoms with E-state index in [9.17, 15) is 14.4 Å². The first kappa shape index (κ1) is 24.9. The van der Waals surface area contributed by atoms with Crippen LogP contribution in [0.5, 0.6) is 11.5 Å². The van der Waals surface area contributed by atoms with E-state index in [1.807, 2.05) is 13.0 Å². The Morgan fingerprint density at radius 2 is 1.78 bits per heavy atom. The Bertz CT molecular complexity index is 980. The van der Waals surface area contributed by atoms with Gasteiger partial charge in [-0.15, -0.1) is 0 Å². The van der Waals surface area contributed by atoms with Gasteiger partial charge in [0.15, 0.2) is 18.1 Å². The lowest BCUT2D eigenvalue weighted by atomic mass is 10.2. The first-order valence-electron chi connectivity index (χ1n) is 9.84. The van der Waals surface area contributed by atoms with Gasteiger partial charge in [-0.05, 0) is 65.7 Å². The van der Waals surface area contributed by atoms with Gasteiger partial charge in [-0.3, -0.25) is 9.59 Å². The van der Waals surface area contributed by atoms with Gasteiger partial charge in [0.2, 0.25) is 11.8 Å². The molecule has 0 bridgehead atoms. The topological polar surface area (TPSA) is 115 Å². The van der Waals surface area contributed by atoms with E-state index in [0.717, 1.165) is 0 Å². The molecular formula is C22H24BrN3O6. The number of hydrogen-bond acceptors (Lipinski definition) is 7. The maximum Gasteiger partial charge on any atom is 0.344 e. The summed E-state index contributed by atoms with van der Waals surface area (Å²) in [7, 11) is 0. The minimum atomic E-state index is -0.565. The van der Waals surface area contributed by atoms with Gasteiger partial charge in [0.25, 0.3) is 0 Å². The quantitative estimate of drug-likeness (QED) is 0.209. The SMILES string of the molecule is CCOC(=O)COc1ccc(C=NNC(=O)CC(=O)Nc2ccccc2Br)cc1OCC. The first-order chi connectivity index (χ1) is 15.4. The lowest BCUT2D eigenvalue weighted by Gasteiger charge is -2.12. The third kappa shape index (κ3) is 8.38. The van der Waals surface area contributed by atoms with Gasteiger partial charge in [0, 0.05) is 4.47 Å². The molecule has 0 aliphatic rings. The minimum Gasteiger partial charge on any atom is -0.490 e. The highest BCUT2D eigenvalue weighted by molar-refractivity contribution is 9.10. The summed E-state index contributed by atoms with van der Waals surface area (Å²) in [5, 5.41) is 6.51. The molecule has 9 nitrogen and oxygen atoms in total. The van der Waals surface area contributed by atoms with Crippen molar-refractivity contribution >= 4 is 45.6 Å². The molecule has 32 heavy (non-hydrogen) atoms. The van der Waals surface area contributed by atoms with Crippen molar-refractivity contribution in [1.82, 2.24) is 5.43 Å². The van der Waals surface area contributed by atoms with Crippen LogP contribution in [0.1, 0.15) is 25.8 Å². The highest BCUT2D eigenvalue weighted by Gasteiger charge is 2.11. The highest BCUT2D eigenvalue weighted by Crippen LogP contribution is 2.28. The summed E-state index contributed by atoms with van der Waals surface area (Å²) in [5.74, 6) is -0.715. The number of rotatable bonds is 11. The van der Waals surface area contributed by atoms with Gasteiger partial charge in [-0.25, -0.2) is 10.2 Å². The number of halogens is 1. The summed E-state index contributed by atoms with van der Waals surface area (Å²) in [5.41, 5.74) is 3.50. The fourth-order valence-corrected chi connectivity index (χ4v) is 2.84. The zero-order valence-corrected chi connectivity index (χ0v) is 19.3. The van der Waals surface area contributed by atoms with E-state index in [4.69, 9.17) is 14.2 Å². The van der Waals surface area contributed by atoms with Crippen molar-refractivity contribution in [1.29, 1.82) is 0 Å². The molecule has 0 unspecified atom stereocenters. The Kier molecular flexibility index (Phi) is 10.2. The first-order valence-corrected chi connectivity index (χ1v) is 10.6. The van der Waals surface area contributed by atoms with Crippen molar-refractivity contribution in [2.24, 2.45) is 5.10 Å². The van der Waals surface area contributed by atoms with Crippen LogP contribution < -0.4 is 20.2 Å². The number of hydrogen-bond donors (Lipinski definition) is 2. The summed E-state index contributed by atoms with van der Waals surface area (Å²) in [4.78, 5) is 35.4. The lowest BCUT2D eigenvalue weighted by Crippen LogP contribution is -2.24. The average molecular weight is 506 g/mol. The summed E-state index contributed by atoms with van der Waals surface area (Å²) in [6, 6.07) is 12.0. The Labute approximate surface area is 194 Å². The van der Waals surface area contributed by atoms with Crippen molar-refractivity contribution in [2.45, 2.75) is 20.3 Å². The number of amides is 2. The predicted octanol–water partition coefficient (Wildman–Crippen LogP) is 3.27. The number of carbonyl (C=O) groups is 3. The second-order valence-corrected chi connectivity index (χ2v) is 7.09. The van der Waals surface area contributed by atoms with Gasteiger partial charge in [0.1, 0.15) is 6.42 Å². The number of para-hydroxylation sites is 1. The molecule has 0 saturated carbocycles. The molecule has 2 amide bonds. The number of carbonyl (C=O) groups excluding carboxylic acids is 3. The Morgan fingerprint density at radius 1 is 1.00 bits per heavy atom. The normalized spacial score (nSPS) is 10.5. The molecule has 0 aromatic heterocycles. The third-order valence-corrected chi connectivity index (χ3v) is 4.48. The summed E-state index contributed by atoms with van der Waals surface area (Å²) >= 11 is 3.32. The van der Waals surface area contributed by atoms with Crippen molar-refractivity contribution in [3.8, 4) is 11.5 Å². The monoisotopic (exact) mass is 505 g/mol. The highest BCUT2D eigenvalue weighted by atomic mass is 79.9. The van der Waals surface area contributed by atoms with Crippen LogP contribution in [0.3, 0.4) is 0 Å². The number of nitrogens with zero attached hydrogens (tertiary/aromatic N) is 1. The molecule has 10 heteroatoms. The van der Waals surface area contributed by atoms with Gasteiger partial charge >= 0.3 is 5.97 Å². The summed E-state index contributed by atoms with van der Waals surface area (Å²) in [6.45, 7) is 3.95. The van der Waals surface area contributed by atoms with Crippen molar-refractivity contribution in [3.05, 3.63) is 52.5 Å². The largest absolute Gasteiger partial charge is 0.490 e. The van der Waals surface area contributed by atoms with Crippen molar-refractivity contribution in [2.75, 3.05) is 25.1 Å². The van der Waals surface area contributed by atoms with Gasteiger partial charge in [-0.1, -0.05) is 12.1 Å². The fourth-order valence-electron chi connectivity index (χ4n) is 2.45. The Balaban J connectivity index is 1.90. The lowest BCUT2D eigenvalue weighted by molar-refractivity contribution is -0.145. The van der Waals surface area contributed by atoms with Crippen LogP contribution in [-0.2, 0) is 19.1 Å². The van der Waals surface area contributed by atoms with E-state index in [-0.39, 0.29) is 19.6 Å². The van der Waals surface area contributed by atoms with Crippen molar-refractivity contribution in [3.63, 3.8) is 0 Å². The zero-order chi connectivity index (χ0) is 23.3. The number of anilines is 1. The van der Waals surface area contributed by atoms with Crippen LogP contribution in [-0.4, -0.2) is 43.8 Å². The smallest absolute Gasteiger partial charge is 0.344 e. The summed E-state index contributed by atoms with van der Waals surface area (Å²) in [6.07, 6.45) is 1.02. The maximum atomic E-state index is 12.0. The number of esters is 1. The molecular weight excluding hydrogens is 482 g/mol. The molecule has 0 aliphatic heterocycles. The number of benzene rings is 2. The Morgan fingerprint density at radius 3 is 2.50 bits per heavy atom. The van der Waals surface area contributed by atoms with Crippen LogP contribution in [0.4, 0.5) is 5.69 Å². The second-order valence-electron chi connectivity index (χ2n) is 6.23. The molecule has 170 valence electrons. The van der Waals surface area contributed by atoms with Gasteiger partial charge < -0.3 is 19.5 Å². The van der Waals surface area contributed by atoms with E-state index in [2.05, 4.69) is 31.8 Å². The predicted molar refractivity (Wildman–Crippen MR) is 123 cm³/mol. The van der Waals surface area contributed by atoms with E-state index in [1.54, 1.807) is 43.3 Å². The summed E-state index contributed by atoms with van der Waals surface area (Å²) < 4.78 is 16.5. The third-order valence-electron chi connectivity index (χ3n) is 3.79. The molecule has 2 aromatic rings. The molecule has 0 saturated heterocycles. The van der Waals surface area contributed by atoms with Gasteiger partial charge in [0.05, 0.1) is 25.1 Å². The molecule has 0 atom stereocenters. The van der Waals surface area contributed by atoms with Crippen LogP contribution in [0.25, 0.3) is 0 Å².